The highest BCUT2D eigenvalue weighted by molar-refractivity contribution is 7.80. The van der Waals surface area contributed by atoms with Crippen LogP contribution in [0.15, 0.2) is 0 Å². The molecular formula is C6H11NOS. The second-order valence-electron chi connectivity index (χ2n) is 2.37. The lowest BCUT2D eigenvalue weighted by molar-refractivity contribution is 0.117. The molecule has 9 heavy (non-hydrogen) atoms. The maximum absolute atomic E-state index is 5.44. The number of ether oxygens (including phenoxy) is 1. The van der Waals surface area contributed by atoms with Crippen LogP contribution in [0.1, 0.15) is 13.3 Å². The van der Waals surface area contributed by atoms with E-state index in [2.05, 4.69) is 0 Å². The number of thiocarbonyl (C=S) groups is 1. The topological polar surface area (TPSA) is 35.2 Å². The van der Waals surface area contributed by atoms with Crippen molar-refractivity contribution in [3.8, 4) is 0 Å². The zero-order valence-electron chi connectivity index (χ0n) is 5.46. The molecule has 0 spiro atoms. The summed E-state index contributed by atoms with van der Waals surface area (Å²) in [5, 5.41) is 0. The molecule has 2 atom stereocenters. The summed E-state index contributed by atoms with van der Waals surface area (Å²) in [6.45, 7) is 2.82. The second-order valence-corrected chi connectivity index (χ2v) is 2.84. The summed E-state index contributed by atoms with van der Waals surface area (Å²) in [5.41, 5.74) is 5.44. The van der Waals surface area contributed by atoms with Crippen LogP contribution in [0.25, 0.3) is 0 Å². The molecule has 52 valence electrons. The van der Waals surface area contributed by atoms with Crippen LogP contribution in [-0.4, -0.2) is 17.7 Å². The first-order chi connectivity index (χ1) is 4.22. The van der Waals surface area contributed by atoms with E-state index in [-0.39, 0.29) is 6.10 Å². The van der Waals surface area contributed by atoms with Crippen molar-refractivity contribution >= 4 is 17.2 Å². The normalized spacial score (nSPS) is 34.8. The number of nitrogens with two attached hydrogens (primary N) is 1. The third-order valence-corrected chi connectivity index (χ3v) is 2.04. The van der Waals surface area contributed by atoms with Gasteiger partial charge in [-0.1, -0.05) is 12.2 Å². The van der Waals surface area contributed by atoms with Crippen LogP contribution in [0.3, 0.4) is 0 Å². The fraction of sp³-hybridized carbons (Fsp3) is 0.833. The predicted octanol–water partition coefficient (Wildman–Crippen LogP) is 0.698. The van der Waals surface area contributed by atoms with Gasteiger partial charge in [0, 0.05) is 12.5 Å². The van der Waals surface area contributed by atoms with Gasteiger partial charge in [-0.25, -0.2) is 0 Å². The average molecular weight is 145 g/mol. The zero-order valence-corrected chi connectivity index (χ0v) is 6.28. The lowest BCUT2D eigenvalue weighted by atomic mass is 10.0. The molecule has 2 nitrogen and oxygen atoms in total. The van der Waals surface area contributed by atoms with E-state index in [1.54, 1.807) is 0 Å². The van der Waals surface area contributed by atoms with Crippen LogP contribution < -0.4 is 5.73 Å². The second kappa shape index (κ2) is 2.62. The van der Waals surface area contributed by atoms with Gasteiger partial charge in [0.15, 0.2) is 0 Å². The molecule has 1 fully saturated rings. The standard InChI is InChI=1S/C6H11NOS/c1-4-5(6(7)9)2-3-8-4/h4-5H,2-3H2,1H3,(H2,7,9). The Bertz CT molecular complexity index is 126. The minimum Gasteiger partial charge on any atom is -0.393 e. The van der Waals surface area contributed by atoms with Gasteiger partial charge >= 0.3 is 0 Å². The largest absolute Gasteiger partial charge is 0.393 e. The zero-order chi connectivity index (χ0) is 6.85. The first-order valence-corrected chi connectivity index (χ1v) is 3.53. The molecule has 0 amide bonds. The molecule has 1 aliphatic rings. The van der Waals surface area contributed by atoms with Crippen LogP contribution in [0.2, 0.25) is 0 Å². The molecule has 0 radical (unpaired) electrons. The van der Waals surface area contributed by atoms with Gasteiger partial charge in [0.2, 0.25) is 0 Å². The Hall–Kier alpha value is -0.150. The van der Waals surface area contributed by atoms with E-state index in [0.717, 1.165) is 13.0 Å². The van der Waals surface area contributed by atoms with Crippen molar-refractivity contribution in [1.29, 1.82) is 0 Å². The van der Waals surface area contributed by atoms with Gasteiger partial charge in [-0.15, -0.1) is 0 Å². The molecular weight excluding hydrogens is 134 g/mol. The van der Waals surface area contributed by atoms with Crippen molar-refractivity contribution in [2.45, 2.75) is 19.4 Å². The van der Waals surface area contributed by atoms with E-state index < -0.39 is 0 Å². The molecule has 2 N–H and O–H groups in total. The van der Waals surface area contributed by atoms with Gasteiger partial charge in [0.25, 0.3) is 0 Å². The SMILES string of the molecule is CC1OCCC1C(N)=S. The maximum atomic E-state index is 5.44. The fourth-order valence-corrected chi connectivity index (χ4v) is 1.41. The number of rotatable bonds is 1. The molecule has 0 aromatic carbocycles. The maximum Gasteiger partial charge on any atom is 0.0785 e. The molecule has 0 aromatic heterocycles. The van der Waals surface area contributed by atoms with E-state index in [4.69, 9.17) is 22.7 Å². The Morgan fingerprint density at radius 3 is 2.67 bits per heavy atom. The molecule has 1 heterocycles. The fourth-order valence-electron chi connectivity index (χ4n) is 1.11. The van der Waals surface area contributed by atoms with Gasteiger partial charge in [0.05, 0.1) is 11.1 Å². The van der Waals surface area contributed by atoms with Crippen molar-refractivity contribution < 1.29 is 4.74 Å². The minimum absolute atomic E-state index is 0.238. The minimum atomic E-state index is 0.238. The number of hydrogen-bond acceptors (Lipinski definition) is 2. The average Bonchev–Trinajstić information content (AvgIpc) is 2.13. The molecule has 2 unspecified atom stereocenters. The monoisotopic (exact) mass is 145 g/mol. The summed E-state index contributed by atoms with van der Waals surface area (Å²) in [5.74, 6) is 0.319. The molecule has 0 bridgehead atoms. The van der Waals surface area contributed by atoms with E-state index in [9.17, 15) is 0 Å². The highest BCUT2D eigenvalue weighted by Gasteiger charge is 2.25. The van der Waals surface area contributed by atoms with Gasteiger partial charge in [-0.3, -0.25) is 0 Å². The number of hydrogen-bond donors (Lipinski definition) is 1. The Kier molecular flexibility index (Phi) is 2.03. The van der Waals surface area contributed by atoms with Crippen molar-refractivity contribution in [3.05, 3.63) is 0 Å². The summed E-state index contributed by atoms with van der Waals surface area (Å²) < 4.78 is 5.26. The Morgan fingerprint density at radius 1 is 1.78 bits per heavy atom. The van der Waals surface area contributed by atoms with Crippen molar-refractivity contribution in [1.82, 2.24) is 0 Å². The van der Waals surface area contributed by atoms with E-state index in [1.165, 1.54) is 0 Å². The molecule has 0 aliphatic carbocycles. The summed E-state index contributed by atoms with van der Waals surface area (Å²) >= 11 is 4.83. The first-order valence-electron chi connectivity index (χ1n) is 3.12. The van der Waals surface area contributed by atoms with Gasteiger partial charge in [-0.2, -0.15) is 0 Å². The van der Waals surface area contributed by atoms with Crippen LogP contribution >= 0.6 is 12.2 Å². The molecule has 1 aliphatic heterocycles. The molecule has 0 aromatic rings. The van der Waals surface area contributed by atoms with E-state index >= 15 is 0 Å². The first kappa shape index (κ1) is 6.96. The Balaban J connectivity index is 2.49. The quantitative estimate of drug-likeness (QED) is 0.552. The van der Waals surface area contributed by atoms with E-state index in [1.807, 2.05) is 6.92 Å². The Morgan fingerprint density at radius 2 is 2.44 bits per heavy atom. The van der Waals surface area contributed by atoms with Gasteiger partial charge < -0.3 is 10.5 Å². The molecule has 0 saturated carbocycles. The van der Waals surface area contributed by atoms with Gasteiger partial charge in [-0.05, 0) is 13.3 Å². The highest BCUT2D eigenvalue weighted by Crippen LogP contribution is 2.19. The lowest BCUT2D eigenvalue weighted by Gasteiger charge is -2.10. The summed E-state index contributed by atoms with van der Waals surface area (Å²) in [7, 11) is 0. The summed E-state index contributed by atoms with van der Waals surface area (Å²) in [6, 6.07) is 0. The van der Waals surface area contributed by atoms with Crippen LogP contribution in [0.5, 0.6) is 0 Å². The smallest absolute Gasteiger partial charge is 0.0785 e. The van der Waals surface area contributed by atoms with Crippen molar-refractivity contribution in [2.24, 2.45) is 11.7 Å². The predicted molar refractivity (Wildman–Crippen MR) is 40.3 cm³/mol. The third kappa shape index (κ3) is 1.40. The summed E-state index contributed by atoms with van der Waals surface area (Å²) in [6.07, 6.45) is 1.23. The lowest BCUT2D eigenvalue weighted by Crippen LogP contribution is -2.26. The van der Waals surface area contributed by atoms with Crippen LogP contribution in [0, 0.1) is 5.92 Å². The molecule has 1 saturated heterocycles. The molecule has 3 heteroatoms. The highest BCUT2D eigenvalue weighted by atomic mass is 32.1. The van der Waals surface area contributed by atoms with Crippen molar-refractivity contribution in [2.75, 3.05) is 6.61 Å². The Labute approximate surface area is 60.4 Å². The third-order valence-electron chi connectivity index (χ3n) is 1.74. The van der Waals surface area contributed by atoms with Crippen molar-refractivity contribution in [3.63, 3.8) is 0 Å². The van der Waals surface area contributed by atoms with Gasteiger partial charge in [0.1, 0.15) is 0 Å². The van der Waals surface area contributed by atoms with E-state index in [0.29, 0.717) is 10.9 Å². The summed E-state index contributed by atoms with van der Waals surface area (Å²) in [4.78, 5) is 0.597. The van der Waals surface area contributed by atoms with Crippen LogP contribution in [0.4, 0.5) is 0 Å². The molecule has 1 rings (SSSR count). The van der Waals surface area contributed by atoms with Crippen LogP contribution in [-0.2, 0) is 4.74 Å².